The van der Waals surface area contributed by atoms with Gasteiger partial charge in [-0.15, -0.1) is 11.8 Å². The zero-order chi connectivity index (χ0) is 11.8. The monoisotopic (exact) mass is 248 g/mol. The number of anilines is 1. The number of carbonyl (C=O) groups excluding carboxylic acids is 1. The Morgan fingerprint density at radius 3 is 2.94 bits per heavy atom. The molecule has 1 fully saturated rings. The van der Waals surface area contributed by atoms with Gasteiger partial charge in [0.15, 0.2) is 0 Å². The number of amides is 1. The van der Waals surface area contributed by atoms with Crippen LogP contribution in [0.1, 0.15) is 24.0 Å². The van der Waals surface area contributed by atoms with Crippen LogP contribution in [-0.4, -0.2) is 21.8 Å². The van der Waals surface area contributed by atoms with E-state index in [9.17, 15) is 4.79 Å². The Morgan fingerprint density at radius 1 is 1.35 bits per heavy atom. The number of carbonyl (C=O) groups is 1. The van der Waals surface area contributed by atoms with E-state index >= 15 is 0 Å². The summed E-state index contributed by atoms with van der Waals surface area (Å²) < 4.78 is 0. The SMILES string of the molecule is Nc1ccc2c(c1)CN(C(=O)C1CCCS1)C2. The summed E-state index contributed by atoms with van der Waals surface area (Å²) in [4.78, 5) is 14.2. The molecule has 3 rings (SSSR count). The van der Waals surface area contributed by atoms with Crippen molar-refractivity contribution in [1.82, 2.24) is 4.90 Å². The molecule has 0 aromatic heterocycles. The molecule has 3 nitrogen and oxygen atoms in total. The lowest BCUT2D eigenvalue weighted by Crippen LogP contribution is -2.32. The third-order valence-corrected chi connectivity index (χ3v) is 4.83. The van der Waals surface area contributed by atoms with Crippen molar-refractivity contribution in [2.75, 3.05) is 11.5 Å². The van der Waals surface area contributed by atoms with E-state index in [1.807, 2.05) is 23.1 Å². The molecule has 90 valence electrons. The van der Waals surface area contributed by atoms with Crippen LogP contribution in [0.3, 0.4) is 0 Å². The molecule has 0 bridgehead atoms. The van der Waals surface area contributed by atoms with Crippen molar-refractivity contribution < 1.29 is 4.79 Å². The maximum atomic E-state index is 12.3. The number of nitrogen functional groups attached to an aromatic ring is 1. The van der Waals surface area contributed by atoms with Gasteiger partial charge >= 0.3 is 0 Å². The van der Waals surface area contributed by atoms with Crippen LogP contribution >= 0.6 is 11.8 Å². The molecule has 17 heavy (non-hydrogen) atoms. The molecule has 0 spiro atoms. The van der Waals surface area contributed by atoms with Crippen molar-refractivity contribution in [1.29, 1.82) is 0 Å². The Balaban J connectivity index is 1.75. The first-order chi connectivity index (χ1) is 8.24. The van der Waals surface area contributed by atoms with E-state index in [1.165, 1.54) is 17.5 Å². The molecule has 1 atom stereocenters. The number of benzene rings is 1. The van der Waals surface area contributed by atoms with E-state index in [2.05, 4.69) is 0 Å². The Hall–Kier alpha value is -1.16. The number of thioether (sulfide) groups is 1. The summed E-state index contributed by atoms with van der Waals surface area (Å²) in [6.07, 6.45) is 2.22. The molecular formula is C13H16N2OS. The summed E-state index contributed by atoms with van der Waals surface area (Å²) in [5, 5.41) is 0.196. The molecule has 2 aliphatic rings. The molecule has 1 saturated heterocycles. The molecule has 4 heteroatoms. The average molecular weight is 248 g/mol. The van der Waals surface area contributed by atoms with E-state index < -0.39 is 0 Å². The molecular weight excluding hydrogens is 232 g/mol. The first-order valence-electron chi connectivity index (χ1n) is 6.02. The van der Waals surface area contributed by atoms with Crippen LogP contribution in [0.2, 0.25) is 0 Å². The maximum Gasteiger partial charge on any atom is 0.236 e. The van der Waals surface area contributed by atoms with Crippen molar-refractivity contribution in [2.45, 2.75) is 31.2 Å². The van der Waals surface area contributed by atoms with Crippen LogP contribution in [0.4, 0.5) is 5.69 Å². The highest BCUT2D eigenvalue weighted by molar-refractivity contribution is 8.00. The van der Waals surface area contributed by atoms with Gasteiger partial charge in [0, 0.05) is 18.8 Å². The Labute approximate surface area is 105 Å². The highest BCUT2D eigenvalue weighted by Crippen LogP contribution is 2.31. The number of nitrogens with two attached hydrogens (primary N) is 1. The lowest BCUT2D eigenvalue weighted by atomic mass is 10.1. The van der Waals surface area contributed by atoms with Crippen molar-refractivity contribution >= 4 is 23.4 Å². The predicted molar refractivity (Wildman–Crippen MR) is 70.6 cm³/mol. The minimum atomic E-state index is 0.196. The fourth-order valence-corrected chi connectivity index (χ4v) is 3.79. The summed E-state index contributed by atoms with van der Waals surface area (Å²) in [6.45, 7) is 1.49. The van der Waals surface area contributed by atoms with Crippen LogP contribution in [0.5, 0.6) is 0 Å². The van der Waals surface area contributed by atoms with Crippen LogP contribution in [0.25, 0.3) is 0 Å². The van der Waals surface area contributed by atoms with Gasteiger partial charge in [-0.2, -0.15) is 0 Å². The van der Waals surface area contributed by atoms with Gasteiger partial charge in [0.1, 0.15) is 0 Å². The van der Waals surface area contributed by atoms with Gasteiger partial charge in [0.05, 0.1) is 5.25 Å². The first kappa shape index (κ1) is 11.0. The number of rotatable bonds is 1. The summed E-state index contributed by atoms with van der Waals surface area (Å²) in [6, 6.07) is 5.95. The summed E-state index contributed by atoms with van der Waals surface area (Å²) in [5.41, 5.74) is 9.01. The summed E-state index contributed by atoms with van der Waals surface area (Å²) in [7, 11) is 0. The van der Waals surface area contributed by atoms with E-state index in [-0.39, 0.29) is 5.25 Å². The largest absolute Gasteiger partial charge is 0.399 e. The summed E-state index contributed by atoms with van der Waals surface area (Å²) in [5.74, 6) is 1.44. The van der Waals surface area contributed by atoms with Gasteiger partial charge in [-0.25, -0.2) is 0 Å². The highest BCUT2D eigenvalue weighted by atomic mass is 32.2. The number of hydrogen-bond acceptors (Lipinski definition) is 3. The zero-order valence-electron chi connectivity index (χ0n) is 9.69. The first-order valence-corrected chi connectivity index (χ1v) is 7.06. The molecule has 0 aliphatic carbocycles. The third-order valence-electron chi connectivity index (χ3n) is 3.47. The van der Waals surface area contributed by atoms with Gasteiger partial charge < -0.3 is 10.6 Å². The van der Waals surface area contributed by atoms with Crippen molar-refractivity contribution in [3.8, 4) is 0 Å². The normalized spacial score (nSPS) is 22.8. The number of fused-ring (bicyclic) bond motifs is 1. The Bertz CT molecular complexity index is 455. The van der Waals surface area contributed by atoms with Crippen LogP contribution < -0.4 is 5.73 Å². The van der Waals surface area contributed by atoms with Crippen molar-refractivity contribution in [3.63, 3.8) is 0 Å². The van der Waals surface area contributed by atoms with E-state index in [1.54, 1.807) is 11.8 Å². The molecule has 2 N–H and O–H groups in total. The summed E-state index contributed by atoms with van der Waals surface area (Å²) >= 11 is 1.80. The minimum absolute atomic E-state index is 0.196. The standard InChI is InChI=1S/C13H16N2OS/c14-11-4-3-9-7-15(8-10(9)6-11)13(16)12-2-1-5-17-12/h3-4,6,12H,1-2,5,7-8,14H2. The minimum Gasteiger partial charge on any atom is -0.399 e. The molecule has 0 radical (unpaired) electrons. The van der Waals surface area contributed by atoms with Crippen LogP contribution in [0.15, 0.2) is 18.2 Å². The molecule has 0 saturated carbocycles. The fourth-order valence-electron chi connectivity index (χ4n) is 2.55. The van der Waals surface area contributed by atoms with E-state index in [0.29, 0.717) is 5.91 Å². The van der Waals surface area contributed by atoms with Crippen molar-refractivity contribution in [3.05, 3.63) is 29.3 Å². The molecule has 1 amide bonds. The van der Waals surface area contributed by atoms with Gasteiger partial charge in [-0.1, -0.05) is 6.07 Å². The molecule has 1 aromatic rings. The zero-order valence-corrected chi connectivity index (χ0v) is 10.5. The number of nitrogens with zero attached hydrogens (tertiary/aromatic N) is 1. The Morgan fingerprint density at radius 2 is 2.18 bits per heavy atom. The molecule has 1 unspecified atom stereocenters. The van der Waals surface area contributed by atoms with Gasteiger partial charge in [-0.3, -0.25) is 4.79 Å². The Kier molecular flexibility index (Phi) is 2.74. The van der Waals surface area contributed by atoms with Gasteiger partial charge in [0.2, 0.25) is 5.91 Å². The molecule has 2 heterocycles. The quantitative estimate of drug-likeness (QED) is 0.773. The highest BCUT2D eigenvalue weighted by Gasteiger charge is 2.31. The maximum absolute atomic E-state index is 12.3. The second kappa shape index (κ2) is 4.26. The van der Waals surface area contributed by atoms with Gasteiger partial charge in [-0.05, 0) is 41.9 Å². The predicted octanol–water partition coefficient (Wildman–Crippen LogP) is 2.01. The van der Waals surface area contributed by atoms with Gasteiger partial charge in [0.25, 0.3) is 0 Å². The molecule has 2 aliphatic heterocycles. The second-order valence-corrected chi connectivity index (χ2v) is 6.03. The lowest BCUT2D eigenvalue weighted by Gasteiger charge is -2.19. The van der Waals surface area contributed by atoms with E-state index in [0.717, 1.165) is 31.0 Å². The lowest BCUT2D eigenvalue weighted by molar-refractivity contribution is -0.131. The smallest absolute Gasteiger partial charge is 0.236 e. The number of hydrogen-bond donors (Lipinski definition) is 1. The molecule has 1 aromatic carbocycles. The van der Waals surface area contributed by atoms with E-state index in [4.69, 9.17) is 5.73 Å². The van der Waals surface area contributed by atoms with Crippen LogP contribution in [-0.2, 0) is 17.9 Å². The van der Waals surface area contributed by atoms with Crippen molar-refractivity contribution in [2.24, 2.45) is 0 Å². The topological polar surface area (TPSA) is 46.3 Å². The third kappa shape index (κ3) is 2.02. The fraction of sp³-hybridized carbons (Fsp3) is 0.462. The van der Waals surface area contributed by atoms with Crippen LogP contribution in [0, 0.1) is 0 Å². The second-order valence-electron chi connectivity index (χ2n) is 4.72. The average Bonchev–Trinajstić information content (AvgIpc) is 2.96.